The Hall–Kier alpha value is -0.450. The minimum Gasteiger partial charge on any atom is -0.378 e. The van der Waals surface area contributed by atoms with Crippen LogP contribution in [0.4, 0.5) is 0 Å². The summed E-state index contributed by atoms with van der Waals surface area (Å²) in [6, 6.07) is 0.509. The topological polar surface area (TPSA) is 34.1 Å². The lowest BCUT2D eigenvalue weighted by Gasteiger charge is -2.08. The molecule has 0 aliphatic rings. The largest absolute Gasteiger partial charge is 0.378 e. The van der Waals surface area contributed by atoms with Gasteiger partial charge in [-0.3, -0.25) is 0 Å². The zero-order valence-corrected chi connectivity index (χ0v) is 12.4. The molecule has 0 amide bonds. The van der Waals surface area contributed by atoms with Crippen molar-refractivity contribution in [2.45, 2.75) is 53.3 Å². The zero-order chi connectivity index (χ0) is 12.8. The molecule has 17 heavy (non-hydrogen) atoms. The zero-order valence-electron chi connectivity index (χ0n) is 11.5. The Bertz CT molecular complexity index is 334. The molecular formula is C13H24N2OS. The normalized spacial score (nSPS) is 11.7. The number of ether oxygens (including phenoxy) is 1. The molecule has 0 saturated carbocycles. The number of thiazole rings is 1. The summed E-state index contributed by atoms with van der Waals surface area (Å²) >= 11 is 1.77. The van der Waals surface area contributed by atoms with E-state index in [4.69, 9.17) is 4.74 Å². The quantitative estimate of drug-likeness (QED) is 0.814. The van der Waals surface area contributed by atoms with Crippen LogP contribution in [0.1, 0.15) is 43.3 Å². The van der Waals surface area contributed by atoms with Gasteiger partial charge in [0.05, 0.1) is 12.3 Å². The summed E-state index contributed by atoms with van der Waals surface area (Å²) in [6.07, 6.45) is 1.05. The van der Waals surface area contributed by atoms with E-state index in [1.165, 1.54) is 10.6 Å². The third-order valence-electron chi connectivity index (χ3n) is 2.36. The number of hydrogen-bond donors (Lipinski definition) is 1. The van der Waals surface area contributed by atoms with Gasteiger partial charge in [-0.05, 0) is 12.3 Å². The number of nitrogens with zero attached hydrogens (tertiary/aromatic N) is 1. The van der Waals surface area contributed by atoms with Crippen molar-refractivity contribution < 1.29 is 4.74 Å². The summed E-state index contributed by atoms with van der Waals surface area (Å²) in [6.45, 7) is 10.3. The summed E-state index contributed by atoms with van der Waals surface area (Å²) in [5.74, 6) is 0.644. The van der Waals surface area contributed by atoms with Crippen molar-refractivity contribution in [3.05, 3.63) is 15.6 Å². The highest BCUT2D eigenvalue weighted by atomic mass is 32.1. The van der Waals surface area contributed by atoms with E-state index in [2.05, 4.69) is 38.0 Å². The van der Waals surface area contributed by atoms with Gasteiger partial charge in [-0.1, -0.05) is 27.7 Å². The molecule has 0 atom stereocenters. The molecule has 1 aromatic rings. The summed E-state index contributed by atoms with van der Waals surface area (Å²) < 4.78 is 5.15. The smallest absolute Gasteiger partial charge is 0.119 e. The van der Waals surface area contributed by atoms with Crippen LogP contribution in [-0.4, -0.2) is 18.1 Å². The Morgan fingerprint density at radius 2 is 2.00 bits per heavy atom. The average molecular weight is 256 g/mol. The van der Waals surface area contributed by atoms with Gasteiger partial charge in [-0.2, -0.15) is 0 Å². The monoisotopic (exact) mass is 256 g/mol. The van der Waals surface area contributed by atoms with Crippen LogP contribution >= 0.6 is 11.3 Å². The Morgan fingerprint density at radius 1 is 1.29 bits per heavy atom. The molecule has 3 nitrogen and oxygen atoms in total. The maximum absolute atomic E-state index is 5.15. The standard InChI is InChI=1S/C13H24N2OS/c1-9(2)6-11-12(7-14-10(3)4)17-13(15-11)8-16-5/h9-10,14H,6-8H2,1-5H3. The first kappa shape index (κ1) is 14.6. The number of aromatic nitrogens is 1. The van der Waals surface area contributed by atoms with Gasteiger partial charge >= 0.3 is 0 Å². The highest BCUT2D eigenvalue weighted by molar-refractivity contribution is 7.11. The van der Waals surface area contributed by atoms with E-state index < -0.39 is 0 Å². The van der Waals surface area contributed by atoms with Crippen molar-refractivity contribution >= 4 is 11.3 Å². The van der Waals surface area contributed by atoms with Gasteiger partial charge in [0.15, 0.2) is 0 Å². The van der Waals surface area contributed by atoms with Crippen LogP contribution < -0.4 is 5.32 Å². The van der Waals surface area contributed by atoms with Crippen molar-refractivity contribution in [1.29, 1.82) is 0 Å². The lowest BCUT2D eigenvalue weighted by atomic mass is 10.1. The van der Waals surface area contributed by atoms with Gasteiger partial charge in [0.25, 0.3) is 0 Å². The van der Waals surface area contributed by atoms with Crippen molar-refractivity contribution in [2.24, 2.45) is 5.92 Å². The Kier molecular flexibility index (Phi) is 6.09. The lowest BCUT2D eigenvalue weighted by Crippen LogP contribution is -2.22. The highest BCUT2D eigenvalue weighted by Gasteiger charge is 2.12. The SMILES string of the molecule is COCc1nc(CC(C)C)c(CNC(C)C)s1. The fourth-order valence-electron chi connectivity index (χ4n) is 1.60. The van der Waals surface area contributed by atoms with Crippen molar-refractivity contribution in [2.75, 3.05) is 7.11 Å². The van der Waals surface area contributed by atoms with Crippen LogP contribution in [0, 0.1) is 5.92 Å². The molecule has 4 heteroatoms. The van der Waals surface area contributed by atoms with Crippen molar-refractivity contribution in [3.63, 3.8) is 0 Å². The van der Waals surface area contributed by atoms with E-state index in [-0.39, 0.29) is 0 Å². The Morgan fingerprint density at radius 3 is 2.53 bits per heavy atom. The molecule has 98 valence electrons. The number of rotatable bonds is 7. The maximum atomic E-state index is 5.15. The summed E-state index contributed by atoms with van der Waals surface area (Å²) in [4.78, 5) is 6.03. The van der Waals surface area contributed by atoms with E-state index in [0.29, 0.717) is 18.6 Å². The van der Waals surface area contributed by atoms with Crippen molar-refractivity contribution in [1.82, 2.24) is 10.3 Å². The fourth-order valence-corrected chi connectivity index (χ4v) is 2.62. The molecule has 1 heterocycles. The van der Waals surface area contributed by atoms with Gasteiger partial charge in [-0.15, -0.1) is 11.3 Å². The molecule has 0 unspecified atom stereocenters. The molecule has 1 aromatic heterocycles. The first-order valence-corrected chi connectivity index (χ1v) is 7.04. The van der Waals surface area contributed by atoms with Crippen LogP contribution in [0.2, 0.25) is 0 Å². The second-order valence-corrected chi connectivity index (χ2v) is 6.21. The predicted molar refractivity (Wildman–Crippen MR) is 73.3 cm³/mol. The molecule has 0 bridgehead atoms. The maximum Gasteiger partial charge on any atom is 0.119 e. The van der Waals surface area contributed by atoms with Gasteiger partial charge < -0.3 is 10.1 Å². The lowest BCUT2D eigenvalue weighted by molar-refractivity contribution is 0.184. The molecule has 0 saturated heterocycles. The molecule has 0 aromatic carbocycles. The summed E-state index contributed by atoms with van der Waals surface area (Å²) in [5, 5.41) is 4.55. The Labute approximate surface area is 109 Å². The summed E-state index contributed by atoms with van der Waals surface area (Å²) in [7, 11) is 1.72. The van der Waals surface area contributed by atoms with Gasteiger partial charge in [0.1, 0.15) is 5.01 Å². The fraction of sp³-hybridized carbons (Fsp3) is 0.769. The van der Waals surface area contributed by atoms with Crippen LogP contribution in [0.15, 0.2) is 0 Å². The molecule has 0 radical (unpaired) electrons. The van der Waals surface area contributed by atoms with Crippen LogP contribution in [-0.2, 0) is 24.3 Å². The molecule has 1 N–H and O–H groups in total. The highest BCUT2D eigenvalue weighted by Crippen LogP contribution is 2.22. The number of hydrogen-bond acceptors (Lipinski definition) is 4. The third kappa shape index (κ3) is 5.15. The molecule has 0 spiro atoms. The molecule has 1 rings (SSSR count). The van der Waals surface area contributed by atoms with Crippen molar-refractivity contribution in [3.8, 4) is 0 Å². The minimum absolute atomic E-state index is 0.509. The molecule has 0 aliphatic heterocycles. The van der Waals surface area contributed by atoms with Gasteiger partial charge in [-0.25, -0.2) is 4.98 Å². The molecule has 0 aliphatic carbocycles. The first-order valence-electron chi connectivity index (χ1n) is 6.22. The average Bonchev–Trinajstić information content (AvgIpc) is 2.57. The van der Waals surface area contributed by atoms with Crippen LogP contribution in [0.25, 0.3) is 0 Å². The predicted octanol–water partition coefficient (Wildman–Crippen LogP) is 2.99. The first-order chi connectivity index (χ1) is 8.02. The Balaban J connectivity index is 2.75. The van der Waals surface area contributed by atoms with Crippen LogP contribution in [0.5, 0.6) is 0 Å². The van der Waals surface area contributed by atoms with Gasteiger partial charge in [0.2, 0.25) is 0 Å². The number of methoxy groups -OCH3 is 1. The second kappa shape index (κ2) is 7.09. The van der Waals surface area contributed by atoms with E-state index in [9.17, 15) is 0 Å². The second-order valence-electron chi connectivity index (χ2n) is 5.04. The van der Waals surface area contributed by atoms with Gasteiger partial charge in [0, 0.05) is 24.6 Å². The van der Waals surface area contributed by atoms with E-state index in [0.717, 1.165) is 18.0 Å². The summed E-state index contributed by atoms with van der Waals surface area (Å²) in [5.41, 5.74) is 1.24. The third-order valence-corrected chi connectivity index (χ3v) is 3.43. The van der Waals surface area contributed by atoms with Crippen LogP contribution in [0.3, 0.4) is 0 Å². The van der Waals surface area contributed by atoms with E-state index in [1.54, 1.807) is 18.4 Å². The van der Waals surface area contributed by atoms with E-state index >= 15 is 0 Å². The minimum atomic E-state index is 0.509. The molecule has 0 fully saturated rings. The van der Waals surface area contributed by atoms with E-state index in [1.807, 2.05) is 0 Å². The number of nitrogens with one attached hydrogen (secondary N) is 1. The molecular weight excluding hydrogens is 232 g/mol.